The normalized spacial score (nSPS) is 12.0. The largest absolute Gasteiger partial charge is 0.358 e. The smallest absolute Gasteiger partial charge is 0.275 e. The molecule has 0 aliphatic carbocycles. The van der Waals surface area contributed by atoms with E-state index in [1.807, 2.05) is 5.32 Å². The van der Waals surface area contributed by atoms with Gasteiger partial charge in [0.25, 0.3) is 5.91 Å². The van der Waals surface area contributed by atoms with Gasteiger partial charge >= 0.3 is 0 Å². The van der Waals surface area contributed by atoms with E-state index in [-0.39, 0.29) is 24.4 Å². The van der Waals surface area contributed by atoms with E-state index in [1.54, 1.807) is 7.05 Å². The van der Waals surface area contributed by atoms with Crippen LogP contribution in [-0.2, 0) is 16.0 Å². The summed E-state index contributed by atoms with van der Waals surface area (Å²) in [4.78, 5) is 23.0. The van der Waals surface area contributed by atoms with Crippen molar-refractivity contribution in [1.29, 1.82) is 0 Å². The first-order valence-corrected chi connectivity index (χ1v) is 8.87. The summed E-state index contributed by atoms with van der Waals surface area (Å²) in [5.74, 6) is 0.105. The number of unbranched alkanes of at least 4 members (excludes halogenated alkanes) is 1. The van der Waals surface area contributed by atoms with Gasteiger partial charge in [-0.25, -0.2) is 0 Å². The standard InChI is InChI=1S/C19H31N3O2/c1-5-6-7-15-8-10-16(11-9-15)19(14(2)3)22-13-18(24)21-12-17(23)20-4/h8-11,14,19,22H,5-7,12-13H2,1-4H3,(H,20,23)(H,21,24)/p+1/t19-/m0/s1. The SMILES string of the molecule is CCCCc1ccc([C@@H]([NH2+]CC(=O)NCC(=O)NC)C(C)C)cc1. The highest BCUT2D eigenvalue weighted by Gasteiger charge is 2.20. The second-order valence-corrected chi connectivity index (χ2v) is 6.50. The van der Waals surface area contributed by atoms with E-state index in [4.69, 9.17) is 0 Å². The number of aryl methyl sites for hydroxylation is 1. The molecule has 0 saturated heterocycles. The summed E-state index contributed by atoms with van der Waals surface area (Å²) in [6, 6.07) is 8.97. The molecule has 24 heavy (non-hydrogen) atoms. The predicted molar refractivity (Wildman–Crippen MR) is 96.5 cm³/mol. The lowest BCUT2D eigenvalue weighted by Crippen LogP contribution is -2.88. The second kappa shape index (κ2) is 10.8. The fourth-order valence-electron chi connectivity index (χ4n) is 2.65. The van der Waals surface area contributed by atoms with Gasteiger partial charge in [0.2, 0.25) is 5.91 Å². The quantitative estimate of drug-likeness (QED) is 0.600. The van der Waals surface area contributed by atoms with Crippen LogP contribution >= 0.6 is 0 Å². The zero-order chi connectivity index (χ0) is 17.9. The third kappa shape index (κ3) is 7.13. The highest BCUT2D eigenvalue weighted by Crippen LogP contribution is 2.18. The zero-order valence-electron chi connectivity index (χ0n) is 15.4. The first-order valence-electron chi connectivity index (χ1n) is 8.87. The van der Waals surface area contributed by atoms with Crippen LogP contribution < -0.4 is 16.0 Å². The van der Waals surface area contributed by atoms with Gasteiger partial charge in [-0.3, -0.25) is 9.59 Å². The molecule has 1 aromatic carbocycles. The van der Waals surface area contributed by atoms with Gasteiger partial charge in [0.1, 0.15) is 6.04 Å². The third-order valence-corrected chi connectivity index (χ3v) is 4.18. The molecule has 4 N–H and O–H groups in total. The van der Waals surface area contributed by atoms with Gasteiger partial charge in [0.15, 0.2) is 6.54 Å². The minimum Gasteiger partial charge on any atom is -0.358 e. The summed E-state index contributed by atoms with van der Waals surface area (Å²) in [5.41, 5.74) is 2.61. The maximum Gasteiger partial charge on any atom is 0.275 e. The van der Waals surface area contributed by atoms with Gasteiger partial charge in [-0.15, -0.1) is 0 Å². The molecule has 0 radical (unpaired) electrons. The molecule has 0 heterocycles. The first-order chi connectivity index (χ1) is 11.5. The minimum absolute atomic E-state index is 0.0294. The van der Waals surface area contributed by atoms with Crippen molar-refractivity contribution in [3.63, 3.8) is 0 Å². The van der Waals surface area contributed by atoms with Crippen LogP contribution in [0.3, 0.4) is 0 Å². The van der Waals surface area contributed by atoms with Crippen molar-refractivity contribution in [3.8, 4) is 0 Å². The number of hydrogen-bond acceptors (Lipinski definition) is 2. The molecule has 0 spiro atoms. The molecule has 0 aliphatic rings. The van der Waals surface area contributed by atoms with E-state index in [0.29, 0.717) is 12.5 Å². The number of rotatable bonds is 10. The Labute approximate surface area is 145 Å². The highest BCUT2D eigenvalue weighted by molar-refractivity contribution is 5.84. The van der Waals surface area contributed by atoms with Crippen molar-refractivity contribution in [2.75, 3.05) is 20.1 Å². The Balaban J connectivity index is 2.57. The van der Waals surface area contributed by atoms with E-state index >= 15 is 0 Å². The Morgan fingerprint density at radius 3 is 2.33 bits per heavy atom. The maximum atomic E-state index is 11.9. The molecule has 1 rings (SSSR count). The number of benzene rings is 1. The van der Waals surface area contributed by atoms with Crippen LogP contribution in [0.5, 0.6) is 0 Å². The topological polar surface area (TPSA) is 74.8 Å². The number of likely N-dealkylation sites (N-methyl/N-ethyl adjacent to an activating group) is 1. The van der Waals surface area contributed by atoms with Crippen molar-refractivity contribution in [2.24, 2.45) is 5.92 Å². The summed E-state index contributed by atoms with van der Waals surface area (Å²) in [6.45, 7) is 6.87. The number of amides is 2. The number of carbonyl (C=O) groups is 2. The van der Waals surface area contributed by atoms with Gasteiger partial charge in [-0.1, -0.05) is 51.5 Å². The molecule has 5 heteroatoms. The van der Waals surface area contributed by atoms with Gasteiger partial charge < -0.3 is 16.0 Å². The van der Waals surface area contributed by atoms with Gasteiger partial charge in [-0.05, 0) is 18.4 Å². The summed E-state index contributed by atoms with van der Waals surface area (Å²) in [6.07, 6.45) is 3.54. The van der Waals surface area contributed by atoms with Crippen LogP contribution in [0, 0.1) is 5.92 Å². The summed E-state index contributed by atoms with van der Waals surface area (Å²) < 4.78 is 0. The Bertz CT molecular complexity index is 512. The van der Waals surface area contributed by atoms with E-state index in [2.05, 4.69) is 55.7 Å². The molecule has 0 bridgehead atoms. The van der Waals surface area contributed by atoms with Crippen molar-refractivity contribution >= 4 is 11.8 Å². The highest BCUT2D eigenvalue weighted by atomic mass is 16.2. The lowest BCUT2D eigenvalue weighted by molar-refractivity contribution is -0.692. The Morgan fingerprint density at radius 2 is 1.79 bits per heavy atom. The molecule has 1 aromatic rings. The Kier molecular flexibility index (Phi) is 9.08. The van der Waals surface area contributed by atoms with Crippen LogP contribution in [0.1, 0.15) is 50.8 Å². The summed E-state index contributed by atoms with van der Waals surface area (Å²) in [7, 11) is 1.56. The summed E-state index contributed by atoms with van der Waals surface area (Å²) >= 11 is 0. The fraction of sp³-hybridized carbons (Fsp3) is 0.579. The van der Waals surface area contributed by atoms with E-state index in [1.165, 1.54) is 24.0 Å². The number of hydrogen-bond donors (Lipinski definition) is 3. The molecular weight excluding hydrogens is 302 g/mol. The fourth-order valence-corrected chi connectivity index (χ4v) is 2.65. The molecule has 0 unspecified atom stereocenters. The van der Waals surface area contributed by atoms with Crippen LogP contribution in [0.25, 0.3) is 0 Å². The average molecular weight is 334 g/mol. The average Bonchev–Trinajstić information content (AvgIpc) is 2.58. The molecule has 0 aromatic heterocycles. The van der Waals surface area contributed by atoms with Crippen LogP contribution in [-0.4, -0.2) is 32.0 Å². The predicted octanol–water partition coefficient (Wildman–Crippen LogP) is 1.15. The van der Waals surface area contributed by atoms with E-state index < -0.39 is 0 Å². The van der Waals surface area contributed by atoms with Crippen molar-refractivity contribution in [2.45, 2.75) is 46.1 Å². The number of carbonyl (C=O) groups excluding carboxylic acids is 2. The van der Waals surface area contributed by atoms with Crippen molar-refractivity contribution in [3.05, 3.63) is 35.4 Å². The van der Waals surface area contributed by atoms with Crippen molar-refractivity contribution in [1.82, 2.24) is 10.6 Å². The zero-order valence-corrected chi connectivity index (χ0v) is 15.4. The Hall–Kier alpha value is -1.88. The lowest BCUT2D eigenvalue weighted by atomic mass is 9.94. The lowest BCUT2D eigenvalue weighted by Gasteiger charge is -2.20. The van der Waals surface area contributed by atoms with Crippen molar-refractivity contribution < 1.29 is 14.9 Å². The van der Waals surface area contributed by atoms with Crippen LogP contribution in [0.2, 0.25) is 0 Å². The monoisotopic (exact) mass is 334 g/mol. The van der Waals surface area contributed by atoms with Gasteiger partial charge in [-0.2, -0.15) is 0 Å². The Morgan fingerprint density at radius 1 is 1.12 bits per heavy atom. The second-order valence-electron chi connectivity index (χ2n) is 6.50. The molecule has 0 aliphatic heterocycles. The minimum atomic E-state index is -0.188. The molecular formula is C19H32N3O2+. The van der Waals surface area contributed by atoms with Gasteiger partial charge in [0.05, 0.1) is 6.54 Å². The van der Waals surface area contributed by atoms with Gasteiger partial charge in [0, 0.05) is 18.5 Å². The maximum absolute atomic E-state index is 11.9. The molecule has 0 fully saturated rings. The molecule has 0 saturated carbocycles. The van der Waals surface area contributed by atoms with Crippen LogP contribution in [0.15, 0.2) is 24.3 Å². The number of quaternary nitrogens is 1. The molecule has 1 atom stereocenters. The molecule has 134 valence electrons. The van der Waals surface area contributed by atoms with E-state index in [0.717, 1.165) is 6.42 Å². The molecule has 2 amide bonds. The number of nitrogens with one attached hydrogen (secondary N) is 2. The molecule has 5 nitrogen and oxygen atoms in total. The third-order valence-electron chi connectivity index (χ3n) is 4.18. The number of nitrogens with two attached hydrogens (primary N) is 1. The van der Waals surface area contributed by atoms with Crippen LogP contribution in [0.4, 0.5) is 0 Å². The first kappa shape index (κ1) is 20.2. The van der Waals surface area contributed by atoms with E-state index in [9.17, 15) is 9.59 Å². The summed E-state index contributed by atoms with van der Waals surface area (Å²) in [5, 5.41) is 7.16.